The minimum atomic E-state index is -0.119. The molecule has 0 fully saturated rings. The predicted octanol–water partition coefficient (Wildman–Crippen LogP) is 4.78. The second-order valence-corrected chi connectivity index (χ2v) is 8.68. The van der Waals surface area contributed by atoms with E-state index >= 15 is 0 Å². The van der Waals surface area contributed by atoms with Crippen molar-refractivity contribution in [2.45, 2.75) is 13.1 Å². The summed E-state index contributed by atoms with van der Waals surface area (Å²) in [6.45, 7) is 1.90. The summed E-state index contributed by atoms with van der Waals surface area (Å²) in [4.78, 5) is 20.3. The summed E-state index contributed by atoms with van der Waals surface area (Å²) >= 11 is 0. The quantitative estimate of drug-likeness (QED) is 0.348. The Balaban J connectivity index is 1.37. The standard InChI is InChI=1S/C28H24N4O4/c1-31(17-19-9-10-25-26(14-19)36-13-12-35-25)28(33)22-15-24(20-6-3-2-4-7-20)30-27-23(22)16-29-32(27)18-21-8-5-11-34-21/h2-11,14-16H,12-13,17-18H2,1H3. The molecule has 0 atom stereocenters. The van der Waals surface area contributed by atoms with Gasteiger partial charge in [0.25, 0.3) is 5.91 Å². The molecular weight excluding hydrogens is 456 g/mol. The van der Waals surface area contributed by atoms with Crippen LogP contribution in [0, 0.1) is 0 Å². The largest absolute Gasteiger partial charge is 0.486 e. The summed E-state index contributed by atoms with van der Waals surface area (Å²) in [5, 5.41) is 5.23. The molecule has 0 radical (unpaired) electrons. The Morgan fingerprint density at radius 3 is 2.64 bits per heavy atom. The van der Waals surface area contributed by atoms with Crippen molar-refractivity contribution in [1.82, 2.24) is 19.7 Å². The van der Waals surface area contributed by atoms with Gasteiger partial charge in [-0.15, -0.1) is 0 Å². The van der Waals surface area contributed by atoms with Crippen LogP contribution in [0.1, 0.15) is 21.7 Å². The number of hydrogen-bond donors (Lipinski definition) is 0. The number of hydrogen-bond acceptors (Lipinski definition) is 6. The van der Waals surface area contributed by atoms with Crippen LogP contribution in [0.2, 0.25) is 0 Å². The molecule has 1 aliphatic heterocycles. The van der Waals surface area contributed by atoms with E-state index in [2.05, 4.69) is 5.10 Å². The van der Waals surface area contributed by atoms with E-state index in [1.807, 2.05) is 66.7 Å². The van der Waals surface area contributed by atoms with Crippen molar-refractivity contribution in [3.63, 3.8) is 0 Å². The number of amides is 1. The molecule has 0 aliphatic carbocycles. The van der Waals surface area contributed by atoms with Gasteiger partial charge in [0.15, 0.2) is 17.1 Å². The van der Waals surface area contributed by atoms with Crippen LogP contribution in [0.15, 0.2) is 83.6 Å². The van der Waals surface area contributed by atoms with Crippen LogP contribution in [0.25, 0.3) is 22.3 Å². The molecule has 2 aromatic carbocycles. The van der Waals surface area contributed by atoms with Gasteiger partial charge < -0.3 is 18.8 Å². The second kappa shape index (κ2) is 9.22. The number of furan rings is 1. The molecule has 0 spiro atoms. The first-order valence-corrected chi connectivity index (χ1v) is 11.7. The third kappa shape index (κ3) is 4.17. The summed E-state index contributed by atoms with van der Waals surface area (Å²) in [5.74, 6) is 2.07. The fourth-order valence-corrected chi connectivity index (χ4v) is 4.38. The Morgan fingerprint density at radius 2 is 1.83 bits per heavy atom. The zero-order chi connectivity index (χ0) is 24.5. The molecule has 36 heavy (non-hydrogen) atoms. The SMILES string of the molecule is CN(Cc1ccc2c(c1)OCCO2)C(=O)c1cc(-c2ccccc2)nc2c1cnn2Cc1ccco1. The monoisotopic (exact) mass is 480 g/mol. The summed E-state index contributed by atoms with van der Waals surface area (Å²) in [7, 11) is 1.79. The van der Waals surface area contributed by atoms with E-state index in [4.69, 9.17) is 18.9 Å². The predicted molar refractivity (Wildman–Crippen MR) is 134 cm³/mol. The lowest BCUT2D eigenvalue weighted by atomic mass is 10.1. The van der Waals surface area contributed by atoms with Crippen LogP contribution < -0.4 is 9.47 Å². The Bertz CT molecular complexity index is 1530. The number of carbonyl (C=O) groups excluding carboxylic acids is 1. The van der Waals surface area contributed by atoms with Gasteiger partial charge in [-0.05, 0) is 35.9 Å². The number of pyridine rings is 1. The van der Waals surface area contributed by atoms with Crippen molar-refractivity contribution in [2.75, 3.05) is 20.3 Å². The minimum absolute atomic E-state index is 0.119. The highest BCUT2D eigenvalue weighted by Gasteiger charge is 2.21. The van der Waals surface area contributed by atoms with Crippen molar-refractivity contribution in [3.8, 4) is 22.8 Å². The maximum Gasteiger partial charge on any atom is 0.254 e. The third-order valence-corrected chi connectivity index (χ3v) is 6.17. The van der Waals surface area contributed by atoms with Gasteiger partial charge in [-0.1, -0.05) is 36.4 Å². The van der Waals surface area contributed by atoms with Crippen LogP contribution in [0.4, 0.5) is 0 Å². The molecule has 4 heterocycles. The van der Waals surface area contributed by atoms with Crippen molar-refractivity contribution >= 4 is 16.9 Å². The van der Waals surface area contributed by atoms with Crippen molar-refractivity contribution in [3.05, 3.63) is 96.1 Å². The number of ether oxygens (including phenoxy) is 2. The molecule has 1 amide bonds. The maximum absolute atomic E-state index is 13.7. The first-order chi connectivity index (χ1) is 17.7. The molecule has 8 heteroatoms. The number of nitrogens with zero attached hydrogens (tertiary/aromatic N) is 4. The van der Waals surface area contributed by atoms with Crippen LogP contribution in [0.5, 0.6) is 11.5 Å². The maximum atomic E-state index is 13.7. The first-order valence-electron chi connectivity index (χ1n) is 11.7. The van der Waals surface area contributed by atoms with E-state index in [0.29, 0.717) is 54.3 Å². The van der Waals surface area contributed by atoms with Crippen molar-refractivity contribution < 1.29 is 18.7 Å². The number of carbonyl (C=O) groups is 1. The van der Waals surface area contributed by atoms with E-state index in [0.717, 1.165) is 22.6 Å². The number of aromatic nitrogens is 3. The molecule has 0 unspecified atom stereocenters. The van der Waals surface area contributed by atoms with Gasteiger partial charge in [-0.3, -0.25) is 4.79 Å². The Morgan fingerprint density at radius 1 is 1.00 bits per heavy atom. The summed E-state index contributed by atoms with van der Waals surface area (Å²) in [6, 6.07) is 21.2. The van der Waals surface area contributed by atoms with E-state index in [1.165, 1.54) is 0 Å². The van der Waals surface area contributed by atoms with Gasteiger partial charge in [0.1, 0.15) is 25.5 Å². The molecule has 180 valence electrons. The zero-order valence-electron chi connectivity index (χ0n) is 19.8. The minimum Gasteiger partial charge on any atom is -0.486 e. The molecule has 5 aromatic rings. The molecule has 3 aromatic heterocycles. The third-order valence-electron chi connectivity index (χ3n) is 6.17. The first kappa shape index (κ1) is 21.9. The van der Waals surface area contributed by atoms with Gasteiger partial charge in [-0.2, -0.15) is 5.10 Å². The second-order valence-electron chi connectivity index (χ2n) is 8.68. The Kier molecular flexibility index (Phi) is 5.61. The van der Waals surface area contributed by atoms with Crippen LogP contribution in [-0.2, 0) is 13.1 Å². The topological polar surface area (TPSA) is 82.6 Å². The van der Waals surface area contributed by atoms with Crippen LogP contribution >= 0.6 is 0 Å². The van der Waals surface area contributed by atoms with Gasteiger partial charge in [-0.25, -0.2) is 9.67 Å². The number of fused-ring (bicyclic) bond motifs is 2. The Labute approximate surface area is 207 Å². The van der Waals surface area contributed by atoms with E-state index in [9.17, 15) is 4.79 Å². The molecule has 8 nitrogen and oxygen atoms in total. The smallest absolute Gasteiger partial charge is 0.254 e. The molecule has 6 rings (SSSR count). The lowest BCUT2D eigenvalue weighted by Gasteiger charge is -2.21. The van der Waals surface area contributed by atoms with Gasteiger partial charge in [0.2, 0.25) is 0 Å². The van der Waals surface area contributed by atoms with Crippen LogP contribution in [0.3, 0.4) is 0 Å². The van der Waals surface area contributed by atoms with Gasteiger partial charge in [0, 0.05) is 19.2 Å². The highest BCUT2D eigenvalue weighted by atomic mass is 16.6. The normalized spacial score (nSPS) is 12.6. The zero-order valence-corrected chi connectivity index (χ0v) is 19.8. The summed E-state index contributed by atoms with van der Waals surface area (Å²) in [6.07, 6.45) is 3.33. The van der Waals surface area contributed by atoms with Gasteiger partial charge in [0.05, 0.1) is 29.1 Å². The molecule has 1 aliphatic rings. The summed E-state index contributed by atoms with van der Waals surface area (Å²) in [5.41, 5.74) is 3.76. The van der Waals surface area contributed by atoms with Crippen molar-refractivity contribution in [2.24, 2.45) is 0 Å². The van der Waals surface area contributed by atoms with Gasteiger partial charge >= 0.3 is 0 Å². The average molecular weight is 481 g/mol. The lowest BCUT2D eigenvalue weighted by Crippen LogP contribution is -2.26. The molecule has 0 bridgehead atoms. The highest BCUT2D eigenvalue weighted by molar-refractivity contribution is 6.06. The average Bonchev–Trinajstić information content (AvgIpc) is 3.58. The van der Waals surface area contributed by atoms with E-state index < -0.39 is 0 Å². The molecule has 0 saturated heterocycles. The fourth-order valence-electron chi connectivity index (χ4n) is 4.38. The molecule has 0 saturated carbocycles. The number of benzene rings is 2. The lowest BCUT2D eigenvalue weighted by molar-refractivity contribution is 0.0786. The van der Waals surface area contributed by atoms with E-state index in [-0.39, 0.29) is 5.91 Å². The van der Waals surface area contributed by atoms with Crippen LogP contribution in [-0.4, -0.2) is 45.8 Å². The molecular formula is C28H24N4O4. The summed E-state index contributed by atoms with van der Waals surface area (Å²) < 4.78 is 18.6. The van der Waals surface area contributed by atoms with Crippen molar-refractivity contribution in [1.29, 1.82) is 0 Å². The number of rotatable bonds is 6. The highest BCUT2D eigenvalue weighted by Crippen LogP contribution is 2.31. The van der Waals surface area contributed by atoms with E-state index in [1.54, 1.807) is 29.1 Å². The molecule has 0 N–H and O–H groups in total. The Hall–Kier alpha value is -4.59. The fraction of sp³-hybridized carbons (Fsp3) is 0.179.